The predicted molar refractivity (Wildman–Crippen MR) is 99.1 cm³/mol. The van der Waals surface area contributed by atoms with E-state index in [9.17, 15) is 0 Å². The summed E-state index contributed by atoms with van der Waals surface area (Å²) in [5, 5.41) is 5.30. The third kappa shape index (κ3) is 2.72. The Balaban J connectivity index is 1.68. The number of rotatable bonds is 3. The molecule has 0 radical (unpaired) electrons. The number of fused-ring (bicyclic) bond motifs is 1. The maximum absolute atomic E-state index is 4.79. The highest BCUT2D eigenvalue weighted by Gasteiger charge is 2.30. The number of amidine groups is 1. The number of allylic oxidation sites excluding steroid dienone is 2. The van der Waals surface area contributed by atoms with Crippen molar-refractivity contribution in [3.05, 3.63) is 73.7 Å². The fourth-order valence-electron chi connectivity index (χ4n) is 2.47. The highest BCUT2D eigenvalue weighted by molar-refractivity contribution is 8.17. The van der Waals surface area contributed by atoms with Crippen LogP contribution in [-0.4, -0.2) is 10.1 Å². The van der Waals surface area contributed by atoms with E-state index >= 15 is 0 Å². The lowest BCUT2D eigenvalue weighted by Crippen LogP contribution is -2.26. The fourth-order valence-corrected chi connectivity index (χ4v) is 4.76. The van der Waals surface area contributed by atoms with Gasteiger partial charge in [-0.3, -0.25) is 0 Å². The van der Waals surface area contributed by atoms with Gasteiger partial charge < -0.3 is 4.90 Å². The van der Waals surface area contributed by atoms with Crippen LogP contribution in [0.5, 0.6) is 0 Å². The van der Waals surface area contributed by atoms with Gasteiger partial charge in [-0.15, -0.1) is 22.7 Å². The molecule has 22 heavy (non-hydrogen) atoms. The van der Waals surface area contributed by atoms with Crippen LogP contribution in [0.15, 0.2) is 69.0 Å². The van der Waals surface area contributed by atoms with Crippen LogP contribution >= 0.6 is 34.4 Å². The molecule has 2 aliphatic rings. The summed E-state index contributed by atoms with van der Waals surface area (Å²) in [7, 11) is 0. The van der Waals surface area contributed by atoms with Gasteiger partial charge in [0.05, 0.1) is 11.7 Å². The van der Waals surface area contributed by atoms with Gasteiger partial charge >= 0.3 is 0 Å². The summed E-state index contributed by atoms with van der Waals surface area (Å²) < 4.78 is 0. The van der Waals surface area contributed by atoms with E-state index in [-0.39, 0.29) is 6.04 Å². The number of thiophene rings is 2. The van der Waals surface area contributed by atoms with Crippen molar-refractivity contribution in [1.82, 2.24) is 4.90 Å². The largest absolute Gasteiger partial charge is 0.315 e. The molecule has 2 aliphatic heterocycles. The average molecular weight is 343 g/mol. The Morgan fingerprint density at radius 2 is 2.00 bits per heavy atom. The van der Waals surface area contributed by atoms with Crippen molar-refractivity contribution in [2.45, 2.75) is 13.0 Å². The van der Waals surface area contributed by atoms with Gasteiger partial charge in [0.25, 0.3) is 0 Å². The van der Waals surface area contributed by atoms with Gasteiger partial charge in [0, 0.05) is 20.9 Å². The molecule has 1 unspecified atom stereocenters. The van der Waals surface area contributed by atoms with E-state index in [0.29, 0.717) is 0 Å². The average Bonchev–Trinajstić information content (AvgIpc) is 3.25. The van der Waals surface area contributed by atoms with E-state index in [4.69, 9.17) is 4.99 Å². The Bertz CT molecular complexity index is 780. The second-order valence-corrected chi connectivity index (χ2v) is 8.22. The van der Waals surface area contributed by atoms with Crippen molar-refractivity contribution in [3.63, 3.8) is 0 Å². The molecule has 2 aromatic heterocycles. The molecule has 2 aromatic rings. The van der Waals surface area contributed by atoms with E-state index in [1.807, 2.05) is 0 Å². The van der Waals surface area contributed by atoms with Crippen molar-refractivity contribution in [2.24, 2.45) is 4.99 Å². The molecule has 0 aliphatic carbocycles. The molecule has 0 N–H and O–H groups in total. The molecule has 1 atom stereocenters. The van der Waals surface area contributed by atoms with Crippen LogP contribution in [0.4, 0.5) is 0 Å². The first kappa shape index (κ1) is 14.1. The molecule has 0 spiro atoms. The SMILES string of the molecule is CC1=CN2C(=NC(/C=C/c3cccs3)=CC2c2cccs2)S1. The number of aliphatic imine (C=N–C) groups is 1. The second-order valence-electron chi connectivity index (χ2n) is 5.04. The predicted octanol–water partition coefficient (Wildman–Crippen LogP) is 5.73. The molecule has 0 bridgehead atoms. The maximum atomic E-state index is 4.79. The van der Waals surface area contributed by atoms with Gasteiger partial charge in [0.2, 0.25) is 0 Å². The van der Waals surface area contributed by atoms with Gasteiger partial charge in [-0.05, 0) is 48.0 Å². The topological polar surface area (TPSA) is 15.6 Å². The quantitative estimate of drug-likeness (QED) is 0.708. The standard InChI is InChI=1S/C17H14N2S3/c1-12-11-19-15(16-5-3-9-21-16)10-13(18-17(19)22-12)6-7-14-4-2-8-20-14/h2-11,15H,1H3/b7-6+. The van der Waals surface area contributed by atoms with Crippen molar-refractivity contribution >= 4 is 45.7 Å². The third-order valence-electron chi connectivity index (χ3n) is 3.44. The molecule has 0 saturated carbocycles. The first-order valence-electron chi connectivity index (χ1n) is 7.00. The first-order chi connectivity index (χ1) is 10.8. The fraction of sp³-hybridized carbons (Fsp3) is 0.118. The van der Waals surface area contributed by atoms with Crippen molar-refractivity contribution in [1.29, 1.82) is 0 Å². The van der Waals surface area contributed by atoms with E-state index in [1.165, 1.54) is 14.7 Å². The molecule has 110 valence electrons. The van der Waals surface area contributed by atoms with Gasteiger partial charge in [-0.1, -0.05) is 23.9 Å². The highest BCUT2D eigenvalue weighted by atomic mass is 32.2. The molecule has 5 heteroatoms. The number of nitrogens with zero attached hydrogens (tertiary/aromatic N) is 2. The Morgan fingerprint density at radius 3 is 2.77 bits per heavy atom. The second kappa shape index (κ2) is 5.91. The number of thioether (sulfide) groups is 1. The minimum atomic E-state index is 0.250. The Labute approximate surface area is 142 Å². The number of hydrogen-bond acceptors (Lipinski definition) is 5. The Kier molecular flexibility index (Phi) is 3.78. The third-order valence-corrected chi connectivity index (χ3v) is 6.14. The molecule has 4 heterocycles. The maximum Gasteiger partial charge on any atom is 0.173 e. The van der Waals surface area contributed by atoms with E-state index in [2.05, 4.69) is 71.3 Å². The summed E-state index contributed by atoms with van der Waals surface area (Å²) >= 11 is 5.29. The minimum absolute atomic E-state index is 0.250. The summed E-state index contributed by atoms with van der Waals surface area (Å²) in [6.45, 7) is 2.14. The molecular formula is C17H14N2S3. The Hall–Kier alpha value is -1.56. The smallest absolute Gasteiger partial charge is 0.173 e. The van der Waals surface area contributed by atoms with Crippen molar-refractivity contribution in [2.75, 3.05) is 0 Å². The summed E-state index contributed by atoms with van der Waals surface area (Å²) in [5.74, 6) is 0. The van der Waals surface area contributed by atoms with Crippen LogP contribution in [0.25, 0.3) is 6.08 Å². The lowest BCUT2D eigenvalue weighted by molar-refractivity contribution is 0.492. The van der Waals surface area contributed by atoms with Crippen LogP contribution in [0.1, 0.15) is 22.7 Å². The molecule has 0 saturated heterocycles. The molecule has 4 rings (SSSR count). The lowest BCUT2D eigenvalue weighted by atomic mass is 10.1. The van der Waals surface area contributed by atoms with Gasteiger partial charge in [0.15, 0.2) is 5.17 Å². The van der Waals surface area contributed by atoms with Crippen LogP contribution in [0.3, 0.4) is 0 Å². The molecule has 0 amide bonds. The zero-order chi connectivity index (χ0) is 14.9. The van der Waals surface area contributed by atoms with Crippen molar-refractivity contribution < 1.29 is 0 Å². The van der Waals surface area contributed by atoms with Crippen LogP contribution in [-0.2, 0) is 0 Å². The van der Waals surface area contributed by atoms with Crippen LogP contribution in [0.2, 0.25) is 0 Å². The molecule has 2 nitrogen and oxygen atoms in total. The summed E-state index contributed by atoms with van der Waals surface area (Å²) in [6, 6.07) is 8.75. The lowest BCUT2D eigenvalue weighted by Gasteiger charge is -2.28. The molecule has 0 fully saturated rings. The first-order valence-corrected chi connectivity index (χ1v) is 9.57. The zero-order valence-corrected chi connectivity index (χ0v) is 14.4. The summed E-state index contributed by atoms with van der Waals surface area (Å²) in [5.41, 5.74) is 1.04. The normalized spacial score (nSPS) is 20.9. The molecule has 0 aromatic carbocycles. The summed E-state index contributed by atoms with van der Waals surface area (Å²) in [6.07, 6.45) is 8.70. The Morgan fingerprint density at radius 1 is 1.14 bits per heavy atom. The highest BCUT2D eigenvalue weighted by Crippen LogP contribution is 2.40. The van der Waals surface area contributed by atoms with E-state index in [0.717, 1.165) is 10.9 Å². The van der Waals surface area contributed by atoms with Crippen molar-refractivity contribution in [3.8, 4) is 0 Å². The van der Waals surface area contributed by atoms with Crippen LogP contribution < -0.4 is 0 Å². The van der Waals surface area contributed by atoms with Crippen LogP contribution in [0, 0.1) is 0 Å². The van der Waals surface area contributed by atoms with Gasteiger partial charge in [0.1, 0.15) is 0 Å². The molecular weight excluding hydrogens is 328 g/mol. The summed E-state index contributed by atoms with van der Waals surface area (Å²) in [4.78, 5) is 11.0. The van der Waals surface area contributed by atoms with Gasteiger partial charge in [-0.2, -0.15) is 0 Å². The monoisotopic (exact) mass is 342 g/mol. The van der Waals surface area contributed by atoms with E-state index in [1.54, 1.807) is 34.4 Å². The van der Waals surface area contributed by atoms with E-state index < -0.39 is 0 Å². The number of hydrogen-bond donors (Lipinski definition) is 0. The minimum Gasteiger partial charge on any atom is -0.315 e. The van der Waals surface area contributed by atoms with Gasteiger partial charge in [-0.25, -0.2) is 4.99 Å². The zero-order valence-electron chi connectivity index (χ0n) is 12.0.